The highest BCUT2D eigenvalue weighted by Gasteiger charge is 2.32. The number of fused-ring (bicyclic) bond motifs is 1. The van der Waals surface area contributed by atoms with Gasteiger partial charge in [-0.2, -0.15) is 0 Å². The van der Waals surface area contributed by atoms with Crippen LogP contribution in [0, 0.1) is 24.5 Å². The molecule has 0 saturated heterocycles. The Balaban J connectivity index is 1.55. The van der Waals surface area contributed by atoms with Crippen molar-refractivity contribution >= 4 is 39.1 Å². The van der Waals surface area contributed by atoms with E-state index >= 15 is 0 Å². The van der Waals surface area contributed by atoms with Gasteiger partial charge in [0.05, 0.1) is 16.7 Å². The first-order valence-corrected chi connectivity index (χ1v) is 15.3. The Bertz CT molecular complexity index is 1490. The maximum absolute atomic E-state index is 14.7. The van der Waals surface area contributed by atoms with Gasteiger partial charge in [-0.1, -0.05) is 25.1 Å². The Morgan fingerprint density at radius 2 is 1.67 bits per heavy atom. The van der Waals surface area contributed by atoms with Gasteiger partial charge >= 0.3 is 0 Å². The molecule has 7 heteroatoms. The van der Waals surface area contributed by atoms with Crippen LogP contribution in [0.5, 0.6) is 5.75 Å². The average molecular weight is 566 g/mol. The van der Waals surface area contributed by atoms with Gasteiger partial charge in [-0.05, 0) is 97.9 Å². The lowest BCUT2D eigenvalue weighted by atomic mass is 9.86. The normalized spacial score (nSPS) is 17.4. The number of thioether (sulfide) groups is 1. The molecule has 1 aliphatic carbocycles. The lowest BCUT2D eigenvalue weighted by Gasteiger charge is -2.36. The number of ether oxygens (including phenoxy) is 1. The molecule has 0 unspecified atom stereocenters. The number of benzene rings is 3. The number of thiophene rings is 1. The highest BCUT2D eigenvalue weighted by atomic mass is 32.2. The summed E-state index contributed by atoms with van der Waals surface area (Å²) in [5.41, 5.74) is 3.55. The number of hydrogen-bond acceptors (Lipinski definition) is 4. The maximum atomic E-state index is 14.7. The van der Waals surface area contributed by atoms with Crippen molar-refractivity contribution in [2.75, 3.05) is 13.4 Å². The number of nitrogens with zero attached hydrogens (tertiary/aromatic N) is 1. The summed E-state index contributed by atoms with van der Waals surface area (Å²) in [7, 11) is 1.64. The molecule has 39 heavy (non-hydrogen) atoms. The van der Waals surface area contributed by atoms with E-state index in [9.17, 15) is 13.6 Å². The summed E-state index contributed by atoms with van der Waals surface area (Å²) in [6.45, 7) is 4.32. The molecule has 0 N–H and O–H groups in total. The third-order valence-electron chi connectivity index (χ3n) is 7.90. The van der Waals surface area contributed by atoms with Crippen LogP contribution in [0.2, 0.25) is 0 Å². The molecule has 0 radical (unpaired) electrons. The summed E-state index contributed by atoms with van der Waals surface area (Å²) in [6, 6.07) is 16.8. The third-order valence-corrected chi connectivity index (χ3v) is 9.94. The van der Waals surface area contributed by atoms with Gasteiger partial charge in [0.25, 0.3) is 5.91 Å². The molecule has 204 valence electrons. The predicted molar refractivity (Wildman–Crippen MR) is 158 cm³/mol. The Morgan fingerprint density at radius 1 is 1.00 bits per heavy atom. The fraction of sp³-hybridized carbons (Fsp3) is 0.344. The SMILES string of the molecule is COc1ccc(-c2ccc(SC)cc2)cc1CN(C(=O)c1sc2c(F)ccc(F)c2c1C)C1CCC(C)CC1. The van der Waals surface area contributed by atoms with E-state index < -0.39 is 11.6 Å². The van der Waals surface area contributed by atoms with Crippen molar-refractivity contribution in [3.8, 4) is 16.9 Å². The van der Waals surface area contributed by atoms with Crippen LogP contribution in [-0.2, 0) is 6.54 Å². The lowest BCUT2D eigenvalue weighted by Crippen LogP contribution is -2.41. The molecule has 1 aromatic heterocycles. The molecule has 3 aromatic carbocycles. The first kappa shape index (κ1) is 27.7. The Hall–Kier alpha value is -2.90. The van der Waals surface area contributed by atoms with Crippen LogP contribution in [0.3, 0.4) is 0 Å². The summed E-state index contributed by atoms with van der Waals surface area (Å²) in [4.78, 5) is 17.7. The quantitative estimate of drug-likeness (QED) is 0.209. The van der Waals surface area contributed by atoms with Gasteiger partial charge in [-0.15, -0.1) is 23.1 Å². The van der Waals surface area contributed by atoms with Crippen LogP contribution in [-0.4, -0.2) is 30.2 Å². The van der Waals surface area contributed by atoms with Crippen LogP contribution < -0.4 is 4.74 Å². The van der Waals surface area contributed by atoms with E-state index in [1.54, 1.807) is 25.8 Å². The minimum atomic E-state index is -0.501. The molecule has 0 bridgehead atoms. The lowest BCUT2D eigenvalue weighted by molar-refractivity contribution is 0.0596. The highest BCUT2D eigenvalue weighted by molar-refractivity contribution is 7.98. The third kappa shape index (κ3) is 5.57. The molecular weight excluding hydrogens is 532 g/mol. The van der Waals surface area contributed by atoms with Gasteiger partial charge in [-0.25, -0.2) is 8.78 Å². The van der Waals surface area contributed by atoms with Crippen molar-refractivity contribution in [2.45, 2.75) is 57.0 Å². The zero-order valence-electron chi connectivity index (χ0n) is 22.7. The summed E-state index contributed by atoms with van der Waals surface area (Å²) < 4.78 is 35.2. The molecule has 1 aliphatic rings. The summed E-state index contributed by atoms with van der Waals surface area (Å²) in [5.74, 6) is 0.155. The fourth-order valence-electron chi connectivity index (χ4n) is 5.58. The van der Waals surface area contributed by atoms with Gasteiger partial charge in [-0.3, -0.25) is 4.79 Å². The number of carbonyl (C=O) groups excluding carboxylic acids is 1. The van der Waals surface area contributed by atoms with Gasteiger partial charge in [0, 0.05) is 28.4 Å². The molecule has 1 saturated carbocycles. The molecule has 0 aliphatic heterocycles. The number of carbonyl (C=O) groups is 1. The number of aryl methyl sites for hydroxylation is 1. The van der Waals surface area contributed by atoms with E-state index in [0.717, 1.165) is 65.8 Å². The second-order valence-electron chi connectivity index (χ2n) is 10.4. The number of amides is 1. The van der Waals surface area contributed by atoms with Crippen molar-refractivity contribution in [1.82, 2.24) is 4.90 Å². The Morgan fingerprint density at radius 3 is 2.31 bits per heavy atom. The van der Waals surface area contributed by atoms with Crippen molar-refractivity contribution in [2.24, 2.45) is 5.92 Å². The zero-order valence-corrected chi connectivity index (χ0v) is 24.4. The molecule has 0 spiro atoms. The smallest absolute Gasteiger partial charge is 0.264 e. The van der Waals surface area contributed by atoms with Gasteiger partial charge in [0.15, 0.2) is 0 Å². The number of methoxy groups -OCH3 is 1. The summed E-state index contributed by atoms with van der Waals surface area (Å²) in [5, 5.41) is 0.203. The van der Waals surface area contributed by atoms with Crippen molar-refractivity contribution in [3.05, 3.63) is 82.2 Å². The van der Waals surface area contributed by atoms with Crippen LogP contribution in [0.15, 0.2) is 59.5 Å². The Labute approximate surface area is 237 Å². The van der Waals surface area contributed by atoms with Crippen molar-refractivity contribution < 1.29 is 18.3 Å². The molecule has 1 fully saturated rings. The van der Waals surface area contributed by atoms with E-state index in [4.69, 9.17) is 4.74 Å². The minimum Gasteiger partial charge on any atom is -0.496 e. The monoisotopic (exact) mass is 565 g/mol. The van der Waals surface area contributed by atoms with E-state index in [1.807, 2.05) is 17.0 Å². The molecule has 1 amide bonds. The molecule has 1 heterocycles. The maximum Gasteiger partial charge on any atom is 0.264 e. The van der Waals surface area contributed by atoms with E-state index in [1.165, 1.54) is 4.90 Å². The average Bonchev–Trinajstić information content (AvgIpc) is 3.32. The van der Waals surface area contributed by atoms with Crippen LogP contribution in [0.4, 0.5) is 8.78 Å². The van der Waals surface area contributed by atoms with Crippen LogP contribution in [0.25, 0.3) is 21.2 Å². The fourth-order valence-corrected chi connectivity index (χ4v) is 7.17. The van der Waals surface area contributed by atoms with Crippen LogP contribution in [0.1, 0.15) is 53.4 Å². The van der Waals surface area contributed by atoms with E-state index in [0.29, 0.717) is 28.7 Å². The van der Waals surface area contributed by atoms with Gasteiger partial charge in [0.1, 0.15) is 17.4 Å². The molecule has 0 atom stereocenters. The van der Waals surface area contributed by atoms with Gasteiger partial charge < -0.3 is 9.64 Å². The van der Waals surface area contributed by atoms with Crippen molar-refractivity contribution in [3.63, 3.8) is 0 Å². The summed E-state index contributed by atoms with van der Waals surface area (Å²) in [6.07, 6.45) is 5.94. The highest BCUT2D eigenvalue weighted by Crippen LogP contribution is 2.38. The predicted octanol–water partition coefficient (Wildman–Crippen LogP) is 9.11. The topological polar surface area (TPSA) is 29.5 Å². The van der Waals surface area contributed by atoms with E-state index in [-0.39, 0.29) is 22.0 Å². The van der Waals surface area contributed by atoms with Crippen LogP contribution >= 0.6 is 23.1 Å². The first-order chi connectivity index (χ1) is 18.8. The van der Waals surface area contributed by atoms with E-state index in [2.05, 4.69) is 43.5 Å². The standard InChI is InChI=1S/C32H33F2NO2S2/c1-19-5-10-24(11-6-19)35(32(36)30-20(2)29-26(33)14-15-27(34)31(29)39-30)18-23-17-22(9-16-28(23)37-3)21-7-12-25(38-4)13-8-21/h7-9,12-17,19,24H,5-6,10-11,18H2,1-4H3. The molecule has 3 nitrogen and oxygen atoms in total. The molecular formula is C32H33F2NO2S2. The minimum absolute atomic E-state index is 0.0437. The molecule has 5 rings (SSSR count). The largest absolute Gasteiger partial charge is 0.496 e. The number of hydrogen-bond donors (Lipinski definition) is 0. The van der Waals surface area contributed by atoms with Gasteiger partial charge in [0.2, 0.25) is 0 Å². The van der Waals surface area contributed by atoms with Crippen molar-refractivity contribution in [1.29, 1.82) is 0 Å². The summed E-state index contributed by atoms with van der Waals surface area (Å²) >= 11 is 2.75. The Kier molecular flexibility index (Phi) is 8.29. The first-order valence-electron chi connectivity index (χ1n) is 13.3. The second kappa shape index (κ2) is 11.7. The molecule has 4 aromatic rings. The second-order valence-corrected chi connectivity index (χ2v) is 12.3. The zero-order chi connectivity index (χ0) is 27.7. The number of halogens is 2. The number of rotatable bonds is 7.